The van der Waals surface area contributed by atoms with Crippen LogP contribution in [0, 0.1) is 0 Å². The lowest BCUT2D eigenvalue weighted by atomic mass is 10.0. The number of alkyl halides is 3. The number of thioether (sulfide) groups is 1. The van der Waals surface area contributed by atoms with Crippen molar-refractivity contribution in [1.29, 1.82) is 0 Å². The smallest absolute Gasteiger partial charge is 0.330 e. The second-order valence-electron chi connectivity index (χ2n) is 6.13. The van der Waals surface area contributed by atoms with Gasteiger partial charge < -0.3 is 4.90 Å². The number of benzene rings is 1. The maximum absolute atomic E-state index is 13.1. The lowest BCUT2D eigenvalue weighted by molar-refractivity contribution is -0.195. The zero-order chi connectivity index (χ0) is 17.0. The summed E-state index contributed by atoms with van der Waals surface area (Å²) in [5.41, 5.74) is 0.759. The van der Waals surface area contributed by atoms with Gasteiger partial charge in [-0.25, -0.2) is 0 Å². The maximum Gasteiger partial charge on any atom is 0.408 e. The number of likely N-dealkylation sites (tertiary alicyclic amines) is 1. The predicted octanol–water partition coefficient (Wildman–Crippen LogP) is 4.67. The highest BCUT2D eigenvalue weighted by Gasteiger charge is 2.46. The fraction of sp³-hybridized carbons (Fsp3) is 0.588. The molecule has 1 saturated heterocycles. The van der Waals surface area contributed by atoms with Crippen LogP contribution in [0.5, 0.6) is 0 Å². The van der Waals surface area contributed by atoms with E-state index >= 15 is 0 Å². The number of nitrogens with zero attached hydrogens (tertiary/aromatic N) is 1. The molecular formula is C17H22F3NOS. The molecule has 1 amide bonds. The van der Waals surface area contributed by atoms with Crippen LogP contribution in [0.2, 0.25) is 0 Å². The van der Waals surface area contributed by atoms with E-state index in [2.05, 4.69) is 13.8 Å². The molecule has 6 heteroatoms. The summed E-state index contributed by atoms with van der Waals surface area (Å²) < 4.78 is 39.2. The molecule has 0 saturated carbocycles. The molecule has 1 fully saturated rings. The molecule has 1 aliphatic heterocycles. The van der Waals surface area contributed by atoms with E-state index in [1.54, 1.807) is 11.8 Å². The average Bonchev–Trinajstić information content (AvgIpc) is 2.48. The SMILES string of the molecule is CC(C)Sc1ccc(CC(=O)N2CCCCC2C(F)(F)F)cc1. The molecule has 0 aliphatic carbocycles. The topological polar surface area (TPSA) is 20.3 Å². The van der Waals surface area contributed by atoms with Gasteiger partial charge in [-0.3, -0.25) is 4.79 Å². The van der Waals surface area contributed by atoms with E-state index in [-0.39, 0.29) is 19.4 Å². The van der Waals surface area contributed by atoms with Gasteiger partial charge in [0, 0.05) is 16.7 Å². The molecule has 1 aromatic carbocycles. The summed E-state index contributed by atoms with van der Waals surface area (Å²) in [6, 6.07) is 5.87. The van der Waals surface area contributed by atoms with Gasteiger partial charge in [0.1, 0.15) is 6.04 Å². The first-order valence-electron chi connectivity index (χ1n) is 7.89. The summed E-state index contributed by atoms with van der Waals surface area (Å²) in [4.78, 5) is 14.4. The van der Waals surface area contributed by atoms with Gasteiger partial charge in [0.15, 0.2) is 0 Å². The van der Waals surface area contributed by atoms with Crippen LogP contribution in [0.25, 0.3) is 0 Å². The van der Waals surface area contributed by atoms with Crippen molar-refractivity contribution in [1.82, 2.24) is 4.90 Å². The van der Waals surface area contributed by atoms with E-state index in [9.17, 15) is 18.0 Å². The Bertz CT molecular complexity index is 528. The predicted molar refractivity (Wildman–Crippen MR) is 86.5 cm³/mol. The number of carbonyl (C=O) groups is 1. The van der Waals surface area contributed by atoms with E-state index < -0.39 is 18.1 Å². The van der Waals surface area contributed by atoms with Crippen molar-refractivity contribution in [2.75, 3.05) is 6.54 Å². The van der Waals surface area contributed by atoms with Gasteiger partial charge in [-0.05, 0) is 37.0 Å². The highest BCUT2D eigenvalue weighted by molar-refractivity contribution is 7.99. The maximum atomic E-state index is 13.1. The van der Waals surface area contributed by atoms with E-state index in [4.69, 9.17) is 0 Å². The van der Waals surface area contributed by atoms with Crippen molar-refractivity contribution < 1.29 is 18.0 Å². The second kappa shape index (κ2) is 7.60. The normalized spacial score (nSPS) is 19.2. The molecule has 2 nitrogen and oxygen atoms in total. The number of halogens is 3. The fourth-order valence-electron chi connectivity index (χ4n) is 2.80. The van der Waals surface area contributed by atoms with Gasteiger partial charge in [0.05, 0.1) is 6.42 Å². The monoisotopic (exact) mass is 345 g/mol. The van der Waals surface area contributed by atoms with Crippen LogP contribution < -0.4 is 0 Å². The van der Waals surface area contributed by atoms with Crippen LogP contribution in [0.1, 0.15) is 38.7 Å². The van der Waals surface area contributed by atoms with Crippen LogP contribution in [-0.4, -0.2) is 34.8 Å². The first kappa shape index (κ1) is 18.2. The molecule has 2 rings (SSSR count). The number of carbonyl (C=O) groups excluding carboxylic acids is 1. The van der Waals surface area contributed by atoms with Crippen molar-refractivity contribution in [3.63, 3.8) is 0 Å². The van der Waals surface area contributed by atoms with Crippen molar-refractivity contribution >= 4 is 17.7 Å². The molecule has 1 heterocycles. The Morgan fingerprint density at radius 3 is 2.48 bits per heavy atom. The molecule has 1 aliphatic rings. The van der Waals surface area contributed by atoms with Crippen LogP contribution in [0.3, 0.4) is 0 Å². The number of rotatable bonds is 4. The number of hydrogen-bond acceptors (Lipinski definition) is 2. The third-order valence-electron chi connectivity index (χ3n) is 3.85. The fourth-order valence-corrected chi connectivity index (χ4v) is 3.64. The van der Waals surface area contributed by atoms with E-state index in [0.29, 0.717) is 18.1 Å². The van der Waals surface area contributed by atoms with Crippen LogP contribution in [0.15, 0.2) is 29.2 Å². The van der Waals surface area contributed by atoms with Crippen molar-refractivity contribution in [3.8, 4) is 0 Å². The molecule has 0 bridgehead atoms. The molecule has 128 valence electrons. The molecule has 0 aromatic heterocycles. The Morgan fingerprint density at radius 2 is 1.91 bits per heavy atom. The van der Waals surface area contributed by atoms with Gasteiger partial charge in [-0.1, -0.05) is 26.0 Å². The summed E-state index contributed by atoms with van der Waals surface area (Å²) >= 11 is 1.71. The van der Waals surface area contributed by atoms with E-state index in [0.717, 1.165) is 15.4 Å². The molecule has 23 heavy (non-hydrogen) atoms. The molecule has 1 atom stereocenters. The van der Waals surface area contributed by atoms with Gasteiger partial charge >= 0.3 is 6.18 Å². The van der Waals surface area contributed by atoms with Crippen LogP contribution in [-0.2, 0) is 11.2 Å². The molecule has 0 spiro atoms. The summed E-state index contributed by atoms with van der Waals surface area (Å²) in [6.45, 7) is 4.38. The average molecular weight is 345 g/mol. The molecule has 0 radical (unpaired) electrons. The highest BCUT2D eigenvalue weighted by Crippen LogP contribution is 2.32. The Labute approximate surface area is 139 Å². The van der Waals surface area contributed by atoms with E-state index in [1.807, 2.05) is 24.3 Å². The summed E-state index contributed by atoms with van der Waals surface area (Å²) in [6.07, 6.45) is -3.14. The van der Waals surface area contributed by atoms with Crippen molar-refractivity contribution in [3.05, 3.63) is 29.8 Å². The highest BCUT2D eigenvalue weighted by atomic mass is 32.2. The minimum absolute atomic E-state index is 0.0131. The Balaban J connectivity index is 2.02. The Hall–Kier alpha value is -1.17. The minimum atomic E-state index is -4.34. The number of piperidine rings is 1. The lowest BCUT2D eigenvalue weighted by Gasteiger charge is -2.36. The molecular weight excluding hydrogens is 323 g/mol. The van der Waals surface area contributed by atoms with E-state index in [1.165, 1.54) is 0 Å². The zero-order valence-corrected chi connectivity index (χ0v) is 14.2. The van der Waals surface area contributed by atoms with Gasteiger partial charge in [0.25, 0.3) is 0 Å². The van der Waals surface area contributed by atoms with Gasteiger partial charge in [0.2, 0.25) is 5.91 Å². The molecule has 0 N–H and O–H groups in total. The molecule has 1 aromatic rings. The Kier molecular flexibility index (Phi) is 6.00. The standard InChI is InChI=1S/C17H22F3NOS/c1-12(2)23-14-8-6-13(7-9-14)11-16(22)21-10-4-3-5-15(21)17(18,19)20/h6-9,12,15H,3-5,10-11H2,1-2H3. The summed E-state index contributed by atoms with van der Waals surface area (Å²) in [5.74, 6) is -0.434. The minimum Gasteiger partial charge on any atom is -0.330 e. The van der Waals surface area contributed by atoms with Crippen LogP contribution in [0.4, 0.5) is 13.2 Å². The second-order valence-corrected chi connectivity index (χ2v) is 7.78. The lowest BCUT2D eigenvalue weighted by Crippen LogP contribution is -2.51. The van der Waals surface area contributed by atoms with Crippen molar-refractivity contribution in [2.24, 2.45) is 0 Å². The number of hydrogen-bond donors (Lipinski definition) is 0. The third-order valence-corrected chi connectivity index (χ3v) is 4.87. The summed E-state index contributed by atoms with van der Waals surface area (Å²) in [7, 11) is 0. The Morgan fingerprint density at radius 1 is 1.26 bits per heavy atom. The third kappa shape index (κ3) is 5.16. The molecule has 1 unspecified atom stereocenters. The van der Waals surface area contributed by atoms with Gasteiger partial charge in [-0.15, -0.1) is 11.8 Å². The quantitative estimate of drug-likeness (QED) is 0.739. The summed E-state index contributed by atoms with van der Waals surface area (Å²) in [5, 5.41) is 0.461. The largest absolute Gasteiger partial charge is 0.408 e. The van der Waals surface area contributed by atoms with Gasteiger partial charge in [-0.2, -0.15) is 13.2 Å². The zero-order valence-electron chi connectivity index (χ0n) is 13.4. The first-order valence-corrected chi connectivity index (χ1v) is 8.77. The first-order chi connectivity index (χ1) is 10.8. The van der Waals surface area contributed by atoms with Crippen molar-refractivity contribution in [2.45, 2.75) is 61.9 Å². The number of amides is 1. The van der Waals surface area contributed by atoms with Crippen LogP contribution >= 0.6 is 11.8 Å².